The van der Waals surface area contributed by atoms with Gasteiger partial charge in [-0.15, -0.1) is 0 Å². The standard InChI is InChI=1S/C14H20O2/c1-9-5-4-6-11-7-8-12(16)13(10(2)15)14(9,11)3/h6,9,13H,4-5,7-8H2,1-3H3. The van der Waals surface area contributed by atoms with Crippen molar-refractivity contribution in [1.82, 2.24) is 0 Å². The van der Waals surface area contributed by atoms with Crippen molar-refractivity contribution in [3.05, 3.63) is 11.6 Å². The SMILES string of the molecule is CC(=O)C1C(=O)CCC2=CCCC(C)C21C. The van der Waals surface area contributed by atoms with Crippen LogP contribution in [0.2, 0.25) is 0 Å². The van der Waals surface area contributed by atoms with Crippen LogP contribution in [0.1, 0.15) is 46.5 Å². The normalized spacial score (nSPS) is 38.9. The van der Waals surface area contributed by atoms with Crippen LogP contribution in [0, 0.1) is 17.3 Å². The van der Waals surface area contributed by atoms with E-state index in [9.17, 15) is 9.59 Å². The fourth-order valence-electron chi connectivity index (χ4n) is 3.57. The molecule has 3 unspecified atom stereocenters. The van der Waals surface area contributed by atoms with Gasteiger partial charge < -0.3 is 0 Å². The van der Waals surface area contributed by atoms with Gasteiger partial charge in [0.1, 0.15) is 11.6 Å². The maximum Gasteiger partial charge on any atom is 0.144 e. The fourth-order valence-corrected chi connectivity index (χ4v) is 3.57. The van der Waals surface area contributed by atoms with Gasteiger partial charge in [0.2, 0.25) is 0 Å². The van der Waals surface area contributed by atoms with E-state index in [0.29, 0.717) is 12.3 Å². The van der Waals surface area contributed by atoms with E-state index >= 15 is 0 Å². The third-order valence-corrected chi connectivity index (χ3v) is 4.67. The second-order valence-corrected chi connectivity index (χ2v) is 5.50. The molecule has 2 nitrogen and oxygen atoms in total. The first-order chi connectivity index (χ1) is 7.48. The Balaban J connectivity index is 2.48. The first-order valence-electron chi connectivity index (χ1n) is 6.20. The van der Waals surface area contributed by atoms with E-state index in [0.717, 1.165) is 19.3 Å². The van der Waals surface area contributed by atoms with Crippen molar-refractivity contribution < 1.29 is 9.59 Å². The molecule has 0 saturated heterocycles. The van der Waals surface area contributed by atoms with E-state index in [1.807, 2.05) is 0 Å². The smallest absolute Gasteiger partial charge is 0.144 e. The molecule has 0 heterocycles. The van der Waals surface area contributed by atoms with Crippen LogP contribution in [0.3, 0.4) is 0 Å². The van der Waals surface area contributed by atoms with E-state index in [2.05, 4.69) is 19.9 Å². The highest BCUT2D eigenvalue weighted by molar-refractivity contribution is 6.03. The second kappa shape index (κ2) is 3.83. The molecule has 0 aromatic rings. The molecular formula is C14H20O2. The minimum absolute atomic E-state index is 0.0480. The Hall–Kier alpha value is -0.920. The third-order valence-electron chi connectivity index (χ3n) is 4.67. The largest absolute Gasteiger partial charge is 0.299 e. The Bertz CT molecular complexity index is 367. The average Bonchev–Trinajstić information content (AvgIpc) is 2.19. The Morgan fingerprint density at radius 3 is 2.75 bits per heavy atom. The van der Waals surface area contributed by atoms with Crippen molar-refractivity contribution in [2.45, 2.75) is 46.5 Å². The molecule has 3 atom stereocenters. The molecule has 0 N–H and O–H groups in total. The third kappa shape index (κ3) is 1.47. The average molecular weight is 220 g/mol. The van der Waals surface area contributed by atoms with E-state index in [1.165, 1.54) is 5.57 Å². The number of rotatable bonds is 1. The summed E-state index contributed by atoms with van der Waals surface area (Å²) in [5.41, 5.74) is 1.16. The summed E-state index contributed by atoms with van der Waals surface area (Å²) in [6, 6.07) is 0. The zero-order chi connectivity index (χ0) is 11.9. The number of Topliss-reactive ketones (excluding diaryl/α,β-unsaturated/α-hetero) is 2. The molecule has 2 aliphatic carbocycles. The Morgan fingerprint density at radius 2 is 2.12 bits per heavy atom. The lowest BCUT2D eigenvalue weighted by Gasteiger charge is -2.48. The summed E-state index contributed by atoms with van der Waals surface area (Å²) < 4.78 is 0. The minimum atomic E-state index is -0.386. The van der Waals surface area contributed by atoms with Crippen LogP contribution in [-0.2, 0) is 9.59 Å². The fraction of sp³-hybridized carbons (Fsp3) is 0.714. The van der Waals surface area contributed by atoms with Gasteiger partial charge in [-0.25, -0.2) is 0 Å². The molecule has 88 valence electrons. The van der Waals surface area contributed by atoms with Gasteiger partial charge in [0.05, 0.1) is 5.92 Å². The van der Waals surface area contributed by atoms with Crippen LogP contribution in [-0.4, -0.2) is 11.6 Å². The number of fused-ring (bicyclic) bond motifs is 1. The molecule has 1 saturated carbocycles. The molecule has 0 aromatic heterocycles. The Labute approximate surface area is 97.1 Å². The molecule has 2 rings (SSSR count). The number of hydrogen-bond acceptors (Lipinski definition) is 2. The van der Waals surface area contributed by atoms with Crippen LogP contribution in [0.25, 0.3) is 0 Å². The number of ketones is 2. The Kier molecular flexibility index (Phi) is 2.77. The highest BCUT2D eigenvalue weighted by Crippen LogP contribution is 2.52. The van der Waals surface area contributed by atoms with E-state index in [4.69, 9.17) is 0 Å². The van der Waals surface area contributed by atoms with Crippen LogP contribution >= 0.6 is 0 Å². The van der Waals surface area contributed by atoms with Gasteiger partial charge in [0, 0.05) is 11.8 Å². The lowest BCUT2D eigenvalue weighted by atomic mass is 9.54. The van der Waals surface area contributed by atoms with Gasteiger partial charge in [0.25, 0.3) is 0 Å². The molecule has 0 aliphatic heterocycles. The van der Waals surface area contributed by atoms with Gasteiger partial charge in [-0.2, -0.15) is 0 Å². The highest BCUT2D eigenvalue weighted by atomic mass is 16.1. The molecule has 2 heteroatoms. The summed E-state index contributed by atoms with van der Waals surface area (Å²) in [7, 11) is 0. The van der Waals surface area contributed by atoms with Crippen LogP contribution in [0.4, 0.5) is 0 Å². The van der Waals surface area contributed by atoms with Crippen molar-refractivity contribution in [3.63, 3.8) is 0 Å². The van der Waals surface area contributed by atoms with Gasteiger partial charge in [-0.05, 0) is 32.1 Å². The number of hydrogen-bond donors (Lipinski definition) is 0. The number of allylic oxidation sites excluding steroid dienone is 2. The topological polar surface area (TPSA) is 34.1 Å². The summed E-state index contributed by atoms with van der Waals surface area (Å²) in [5, 5.41) is 0. The van der Waals surface area contributed by atoms with Crippen molar-refractivity contribution in [1.29, 1.82) is 0 Å². The summed E-state index contributed by atoms with van der Waals surface area (Å²) in [4.78, 5) is 23.8. The van der Waals surface area contributed by atoms with Crippen molar-refractivity contribution in [2.24, 2.45) is 17.3 Å². The van der Waals surface area contributed by atoms with Crippen LogP contribution in [0.15, 0.2) is 11.6 Å². The minimum Gasteiger partial charge on any atom is -0.299 e. The molecule has 2 aliphatic rings. The lowest BCUT2D eigenvalue weighted by molar-refractivity contribution is -0.139. The predicted molar refractivity (Wildman–Crippen MR) is 63.0 cm³/mol. The van der Waals surface area contributed by atoms with Crippen molar-refractivity contribution in [2.75, 3.05) is 0 Å². The summed E-state index contributed by atoms with van der Waals surface area (Å²) in [6.45, 7) is 5.87. The van der Waals surface area contributed by atoms with Gasteiger partial charge in [-0.3, -0.25) is 9.59 Å². The maximum atomic E-state index is 12.0. The predicted octanol–water partition coefficient (Wildman–Crippen LogP) is 2.92. The quantitative estimate of drug-likeness (QED) is 0.503. The molecule has 0 bridgehead atoms. The van der Waals surface area contributed by atoms with Gasteiger partial charge >= 0.3 is 0 Å². The monoisotopic (exact) mass is 220 g/mol. The van der Waals surface area contributed by atoms with Crippen LogP contribution in [0.5, 0.6) is 0 Å². The number of carbonyl (C=O) groups is 2. The summed E-state index contributed by atoms with van der Waals surface area (Å²) in [5.74, 6) is 0.251. The first kappa shape index (κ1) is 11.6. The lowest BCUT2D eigenvalue weighted by Crippen LogP contribution is -2.48. The molecule has 16 heavy (non-hydrogen) atoms. The van der Waals surface area contributed by atoms with Crippen LogP contribution < -0.4 is 0 Å². The molecule has 1 fully saturated rings. The van der Waals surface area contributed by atoms with Crippen molar-refractivity contribution in [3.8, 4) is 0 Å². The molecule has 0 spiro atoms. The first-order valence-corrected chi connectivity index (χ1v) is 6.20. The molecule has 0 amide bonds. The molecule has 0 radical (unpaired) electrons. The summed E-state index contributed by atoms with van der Waals surface area (Å²) >= 11 is 0. The van der Waals surface area contributed by atoms with E-state index in [-0.39, 0.29) is 22.9 Å². The zero-order valence-corrected chi connectivity index (χ0v) is 10.4. The van der Waals surface area contributed by atoms with Gasteiger partial charge in [-0.1, -0.05) is 25.5 Å². The number of carbonyl (C=O) groups excluding carboxylic acids is 2. The van der Waals surface area contributed by atoms with E-state index in [1.54, 1.807) is 6.92 Å². The molecular weight excluding hydrogens is 200 g/mol. The molecule has 0 aromatic carbocycles. The van der Waals surface area contributed by atoms with Gasteiger partial charge in [0.15, 0.2) is 0 Å². The highest BCUT2D eigenvalue weighted by Gasteiger charge is 2.50. The summed E-state index contributed by atoms with van der Waals surface area (Å²) in [6.07, 6.45) is 5.88. The van der Waals surface area contributed by atoms with Crippen molar-refractivity contribution >= 4 is 11.6 Å². The zero-order valence-electron chi connectivity index (χ0n) is 10.4. The maximum absolute atomic E-state index is 12.0. The Morgan fingerprint density at radius 1 is 1.44 bits per heavy atom. The second-order valence-electron chi connectivity index (χ2n) is 5.50. The van der Waals surface area contributed by atoms with E-state index < -0.39 is 0 Å².